The van der Waals surface area contributed by atoms with E-state index in [2.05, 4.69) is 0 Å². The number of aliphatic carboxylic acids is 1. The maximum absolute atomic E-state index is 12.1. The maximum atomic E-state index is 12.1. The van der Waals surface area contributed by atoms with Crippen LogP contribution in [0.15, 0.2) is 24.3 Å². The lowest BCUT2D eigenvalue weighted by Gasteiger charge is -2.08. The predicted molar refractivity (Wildman–Crippen MR) is 64.2 cm³/mol. The quantitative estimate of drug-likeness (QED) is 0.842. The molecule has 2 rings (SSSR count). The molecule has 0 amide bonds. The van der Waals surface area contributed by atoms with E-state index in [0.29, 0.717) is 29.8 Å². The molecule has 1 fully saturated rings. The number of rotatable bonds is 3. The third-order valence-corrected chi connectivity index (χ3v) is 3.53. The number of Topliss-reactive ketones (excluding diaryl/α,β-unsaturated/α-hetero) is 1. The van der Waals surface area contributed by atoms with Crippen LogP contribution in [-0.4, -0.2) is 16.9 Å². The molecule has 1 N–H and O–H groups in total. The van der Waals surface area contributed by atoms with Crippen LogP contribution in [0.4, 0.5) is 0 Å². The lowest BCUT2D eigenvalue weighted by Crippen LogP contribution is -2.14. The minimum Gasteiger partial charge on any atom is -0.481 e. The first kappa shape index (κ1) is 12.1. The highest BCUT2D eigenvalue weighted by atomic mass is 35.5. The van der Waals surface area contributed by atoms with Gasteiger partial charge in [-0.1, -0.05) is 11.6 Å². The van der Waals surface area contributed by atoms with Crippen molar-refractivity contribution >= 4 is 23.4 Å². The van der Waals surface area contributed by atoms with Gasteiger partial charge in [0.2, 0.25) is 0 Å². The van der Waals surface area contributed by atoms with Crippen molar-refractivity contribution in [2.24, 2.45) is 11.8 Å². The number of halogens is 1. The van der Waals surface area contributed by atoms with Gasteiger partial charge in [0.15, 0.2) is 5.78 Å². The molecule has 0 aliphatic heterocycles. The predicted octanol–water partition coefficient (Wildman–Crippen LogP) is 3.02. The van der Waals surface area contributed by atoms with E-state index in [1.807, 2.05) is 0 Å². The zero-order valence-electron chi connectivity index (χ0n) is 9.23. The van der Waals surface area contributed by atoms with E-state index in [0.717, 1.165) is 0 Å². The number of carboxylic acid groups (broad SMARTS) is 1. The molecule has 3 nitrogen and oxygen atoms in total. The summed E-state index contributed by atoms with van der Waals surface area (Å²) in [7, 11) is 0. The van der Waals surface area contributed by atoms with Gasteiger partial charge in [-0.25, -0.2) is 0 Å². The minimum absolute atomic E-state index is 0.0328. The monoisotopic (exact) mass is 252 g/mol. The van der Waals surface area contributed by atoms with Crippen LogP contribution in [0.25, 0.3) is 0 Å². The Morgan fingerprint density at radius 3 is 2.24 bits per heavy atom. The fourth-order valence-electron chi connectivity index (χ4n) is 2.29. The Morgan fingerprint density at radius 1 is 1.12 bits per heavy atom. The average molecular weight is 253 g/mol. The highest BCUT2D eigenvalue weighted by Gasteiger charge is 2.33. The fraction of sp³-hybridized carbons (Fsp3) is 0.385. The van der Waals surface area contributed by atoms with Crippen LogP contribution in [0.3, 0.4) is 0 Å². The number of hydrogen-bond acceptors (Lipinski definition) is 2. The van der Waals surface area contributed by atoms with Gasteiger partial charge in [0.25, 0.3) is 0 Å². The maximum Gasteiger partial charge on any atom is 0.306 e. The van der Waals surface area contributed by atoms with Gasteiger partial charge in [0.05, 0.1) is 5.92 Å². The molecule has 0 heterocycles. The van der Waals surface area contributed by atoms with Gasteiger partial charge < -0.3 is 5.11 Å². The number of ketones is 1. The number of hydrogen-bond donors (Lipinski definition) is 1. The van der Waals surface area contributed by atoms with Gasteiger partial charge >= 0.3 is 5.97 Å². The van der Waals surface area contributed by atoms with Crippen molar-refractivity contribution in [3.05, 3.63) is 34.9 Å². The van der Waals surface area contributed by atoms with Crippen LogP contribution in [0.2, 0.25) is 5.02 Å². The first-order chi connectivity index (χ1) is 8.08. The summed E-state index contributed by atoms with van der Waals surface area (Å²) >= 11 is 5.75. The minimum atomic E-state index is -0.795. The van der Waals surface area contributed by atoms with Gasteiger partial charge in [-0.2, -0.15) is 0 Å². The third kappa shape index (κ3) is 2.67. The molecule has 0 spiro atoms. The van der Waals surface area contributed by atoms with Crippen molar-refractivity contribution < 1.29 is 14.7 Å². The van der Waals surface area contributed by atoms with E-state index in [-0.39, 0.29) is 17.6 Å². The first-order valence-electron chi connectivity index (χ1n) is 5.60. The fourth-order valence-corrected chi connectivity index (χ4v) is 2.42. The smallest absolute Gasteiger partial charge is 0.306 e. The van der Waals surface area contributed by atoms with Gasteiger partial charge in [0.1, 0.15) is 0 Å². The topological polar surface area (TPSA) is 54.4 Å². The van der Waals surface area contributed by atoms with Crippen LogP contribution in [-0.2, 0) is 4.79 Å². The normalized spacial score (nSPS) is 23.6. The summed E-state index contributed by atoms with van der Waals surface area (Å²) in [5, 5.41) is 9.48. The summed E-state index contributed by atoms with van der Waals surface area (Å²) < 4.78 is 0. The largest absolute Gasteiger partial charge is 0.481 e. The van der Waals surface area contributed by atoms with Crippen molar-refractivity contribution in [1.29, 1.82) is 0 Å². The van der Waals surface area contributed by atoms with Gasteiger partial charge in [-0.05, 0) is 43.5 Å². The van der Waals surface area contributed by atoms with E-state index in [4.69, 9.17) is 16.7 Å². The van der Waals surface area contributed by atoms with Crippen molar-refractivity contribution in [2.45, 2.75) is 19.3 Å². The van der Waals surface area contributed by atoms with E-state index >= 15 is 0 Å². The SMILES string of the molecule is O=C(O)[C@H]1CC[C@@H](C(=O)c2ccc(Cl)cc2)C1. The Kier molecular flexibility index (Phi) is 3.48. The molecular formula is C13H13ClO3. The molecule has 0 bridgehead atoms. The number of benzene rings is 1. The second kappa shape index (κ2) is 4.88. The molecule has 1 saturated carbocycles. The summed E-state index contributed by atoms with van der Waals surface area (Å²) in [6.07, 6.45) is 1.72. The molecule has 17 heavy (non-hydrogen) atoms. The summed E-state index contributed by atoms with van der Waals surface area (Å²) in [5.41, 5.74) is 0.616. The molecule has 4 heteroatoms. The Bertz CT molecular complexity index is 438. The molecule has 0 radical (unpaired) electrons. The zero-order valence-corrected chi connectivity index (χ0v) is 9.98. The molecule has 0 saturated heterocycles. The molecule has 1 aromatic carbocycles. The van der Waals surface area contributed by atoms with Crippen molar-refractivity contribution in [1.82, 2.24) is 0 Å². The van der Waals surface area contributed by atoms with Crippen LogP contribution in [0, 0.1) is 11.8 Å². The standard InChI is InChI=1S/C13H13ClO3/c14-11-5-3-8(4-6-11)12(15)9-1-2-10(7-9)13(16)17/h3-6,9-10H,1-2,7H2,(H,16,17)/t9-,10+/m1/s1. The van der Waals surface area contributed by atoms with Crippen LogP contribution >= 0.6 is 11.6 Å². The Hall–Kier alpha value is -1.35. The highest BCUT2D eigenvalue weighted by Crippen LogP contribution is 2.33. The van der Waals surface area contributed by atoms with Crippen LogP contribution < -0.4 is 0 Å². The number of carboxylic acids is 1. The molecule has 90 valence electrons. The first-order valence-corrected chi connectivity index (χ1v) is 5.98. The molecule has 0 aromatic heterocycles. The van der Waals surface area contributed by atoms with E-state index < -0.39 is 5.97 Å². The second-order valence-corrected chi connectivity index (χ2v) is 4.85. The summed E-state index contributed by atoms with van der Waals surface area (Å²) in [6.45, 7) is 0. The lowest BCUT2D eigenvalue weighted by molar-refractivity contribution is -0.141. The number of carbonyl (C=O) groups excluding carboxylic acids is 1. The second-order valence-electron chi connectivity index (χ2n) is 4.42. The van der Waals surface area contributed by atoms with Crippen LogP contribution in [0.5, 0.6) is 0 Å². The van der Waals surface area contributed by atoms with Crippen LogP contribution in [0.1, 0.15) is 29.6 Å². The van der Waals surface area contributed by atoms with Gasteiger partial charge in [-0.15, -0.1) is 0 Å². The molecular weight excluding hydrogens is 240 g/mol. The average Bonchev–Trinajstić information content (AvgIpc) is 2.78. The van der Waals surface area contributed by atoms with Gasteiger partial charge in [-0.3, -0.25) is 9.59 Å². The Balaban J connectivity index is 2.07. The Morgan fingerprint density at radius 2 is 1.71 bits per heavy atom. The van der Waals surface area contributed by atoms with E-state index in [1.165, 1.54) is 0 Å². The molecule has 1 aliphatic carbocycles. The van der Waals surface area contributed by atoms with Gasteiger partial charge in [0, 0.05) is 16.5 Å². The number of carbonyl (C=O) groups is 2. The molecule has 0 unspecified atom stereocenters. The van der Waals surface area contributed by atoms with E-state index in [9.17, 15) is 9.59 Å². The lowest BCUT2D eigenvalue weighted by atomic mass is 9.95. The summed E-state index contributed by atoms with van der Waals surface area (Å²) in [6, 6.07) is 6.74. The summed E-state index contributed by atoms with van der Waals surface area (Å²) in [5.74, 6) is -1.28. The van der Waals surface area contributed by atoms with Crippen molar-refractivity contribution in [2.75, 3.05) is 0 Å². The summed E-state index contributed by atoms with van der Waals surface area (Å²) in [4.78, 5) is 22.9. The molecule has 1 aromatic rings. The van der Waals surface area contributed by atoms with Crippen molar-refractivity contribution in [3.63, 3.8) is 0 Å². The van der Waals surface area contributed by atoms with Crippen molar-refractivity contribution in [3.8, 4) is 0 Å². The molecule has 2 atom stereocenters. The molecule has 1 aliphatic rings. The zero-order chi connectivity index (χ0) is 12.4. The highest BCUT2D eigenvalue weighted by molar-refractivity contribution is 6.30. The van der Waals surface area contributed by atoms with E-state index in [1.54, 1.807) is 24.3 Å². The third-order valence-electron chi connectivity index (χ3n) is 3.28. The Labute approximate surface area is 104 Å².